The second kappa shape index (κ2) is 5.84. The molecule has 1 heterocycles. The fraction of sp³-hybridized carbons (Fsp3) is 0.231. The number of rotatable bonds is 3. The molecule has 0 radical (unpaired) electrons. The van der Waals surface area contributed by atoms with Gasteiger partial charge in [-0.15, -0.1) is 0 Å². The van der Waals surface area contributed by atoms with Gasteiger partial charge in [0.2, 0.25) is 0 Å². The summed E-state index contributed by atoms with van der Waals surface area (Å²) >= 11 is 8.27. The molecule has 2 aromatic rings. The van der Waals surface area contributed by atoms with Gasteiger partial charge in [-0.25, -0.2) is 9.97 Å². The summed E-state index contributed by atoms with van der Waals surface area (Å²) in [7, 11) is 1.87. The third-order valence-corrected chi connectivity index (χ3v) is 3.94. The van der Waals surface area contributed by atoms with Crippen molar-refractivity contribution in [1.29, 1.82) is 0 Å². The zero-order valence-electron chi connectivity index (χ0n) is 10.2. The highest BCUT2D eigenvalue weighted by atomic mass is 127. The first-order chi connectivity index (χ1) is 8.65. The van der Waals surface area contributed by atoms with Crippen LogP contribution in [0.4, 0.5) is 5.82 Å². The first kappa shape index (κ1) is 13.5. The Morgan fingerprint density at radius 1 is 1.33 bits per heavy atom. The number of anilines is 1. The molecule has 0 amide bonds. The van der Waals surface area contributed by atoms with Crippen molar-refractivity contribution in [2.24, 2.45) is 0 Å². The summed E-state index contributed by atoms with van der Waals surface area (Å²) in [5, 5.41) is 3.80. The Bertz CT molecular complexity index is 547. The van der Waals surface area contributed by atoms with Gasteiger partial charge in [0, 0.05) is 17.6 Å². The van der Waals surface area contributed by atoms with Crippen LogP contribution in [0.5, 0.6) is 0 Å². The quantitative estimate of drug-likeness (QED) is 0.826. The van der Waals surface area contributed by atoms with Gasteiger partial charge in [0.1, 0.15) is 5.82 Å². The largest absolute Gasteiger partial charge is 0.372 e. The van der Waals surface area contributed by atoms with E-state index in [9.17, 15) is 0 Å². The highest BCUT2D eigenvalue weighted by molar-refractivity contribution is 14.1. The van der Waals surface area contributed by atoms with Crippen molar-refractivity contribution in [2.45, 2.75) is 13.3 Å². The minimum absolute atomic E-state index is 0.693. The van der Waals surface area contributed by atoms with Crippen LogP contribution in [-0.2, 0) is 6.42 Å². The summed E-state index contributed by atoms with van der Waals surface area (Å²) in [6.07, 6.45) is 0.878. The Hall–Kier alpha value is -0.880. The van der Waals surface area contributed by atoms with E-state index in [1.807, 2.05) is 31.3 Å². The van der Waals surface area contributed by atoms with Gasteiger partial charge in [0.05, 0.1) is 9.26 Å². The van der Waals surface area contributed by atoms with Gasteiger partial charge in [0.25, 0.3) is 0 Å². The normalized spacial score (nSPS) is 10.4. The van der Waals surface area contributed by atoms with Crippen molar-refractivity contribution < 1.29 is 0 Å². The minimum Gasteiger partial charge on any atom is -0.372 e. The maximum Gasteiger partial charge on any atom is 0.161 e. The van der Waals surface area contributed by atoms with Crippen molar-refractivity contribution >= 4 is 40.0 Å². The van der Waals surface area contributed by atoms with Crippen LogP contribution >= 0.6 is 34.2 Å². The molecule has 0 aliphatic heterocycles. The predicted molar refractivity (Wildman–Crippen MR) is 84.1 cm³/mol. The van der Waals surface area contributed by atoms with Crippen LogP contribution in [0.15, 0.2) is 24.3 Å². The Morgan fingerprint density at radius 2 is 2.11 bits per heavy atom. The molecule has 0 saturated heterocycles. The van der Waals surface area contributed by atoms with E-state index in [1.54, 1.807) is 0 Å². The average Bonchev–Trinajstić information content (AvgIpc) is 2.39. The number of aromatic nitrogens is 2. The van der Waals surface area contributed by atoms with Crippen LogP contribution in [0.2, 0.25) is 5.02 Å². The number of hydrogen-bond acceptors (Lipinski definition) is 3. The summed E-state index contributed by atoms with van der Waals surface area (Å²) < 4.78 is 1.07. The Balaban J connectivity index is 2.58. The zero-order valence-corrected chi connectivity index (χ0v) is 13.1. The summed E-state index contributed by atoms with van der Waals surface area (Å²) in [6.45, 7) is 2.09. The predicted octanol–water partition coefficient (Wildman–Crippen LogP) is 4.01. The van der Waals surface area contributed by atoms with Crippen molar-refractivity contribution in [3.8, 4) is 11.4 Å². The molecule has 94 valence electrons. The van der Waals surface area contributed by atoms with E-state index < -0.39 is 0 Å². The first-order valence-corrected chi connectivity index (χ1v) is 7.11. The Labute approximate surface area is 125 Å². The number of halogens is 2. The molecule has 0 bridgehead atoms. The van der Waals surface area contributed by atoms with Gasteiger partial charge in [-0.1, -0.05) is 30.7 Å². The molecule has 5 heteroatoms. The molecule has 0 atom stereocenters. The monoisotopic (exact) mass is 373 g/mol. The van der Waals surface area contributed by atoms with Crippen LogP contribution in [0.25, 0.3) is 11.4 Å². The van der Waals surface area contributed by atoms with Gasteiger partial charge in [-0.05, 0) is 41.1 Å². The van der Waals surface area contributed by atoms with Crippen LogP contribution < -0.4 is 5.32 Å². The summed E-state index contributed by atoms with van der Waals surface area (Å²) in [5.41, 5.74) is 1.98. The molecule has 3 nitrogen and oxygen atoms in total. The maximum atomic E-state index is 6.00. The number of nitrogens with one attached hydrogen (secondary N) is 1. The molecule has 0 aliphatic rings. The molecule has 0 saturated carbocycles. The third-order valence-electron chi connectivity index (χ3n) is 2.57. The number of aryl methyl sites for hydroxylation is 1. The van der Waals surface area contributed by atoms with Gasteiger partial charge in [0.15, 0.2) is 5.82 Å². The van der Waals surface area contributed by atoms with E-state index in [2.05, 4.69) is 44.8 Å². The van der Waals surface area contributed by atoms with Crippen molar-refractivity contribution in [2.75, 3.05) is 12.4 Å². The summed E-state index contributed by atoms with van der Waals surface area (Å²) in [5.74, 6) is 1.57. The van der Waals surface area contributed by atoms with Gasteiger partial charge < -0.3 is 5.32 Å². The van der Waals surface area contributed by atoms with Crippen LogP contribution in [-0.4, -0.2) is 17.0 Å². The topological polar surface area (TPSA) is 37.8 Å². The Kier molecular flexibility index (Phi) is 4.40. The smallest absolute Gasteiger partial charge is 0.161 e. The van der Waals surface area contributed by atoms with Gasteiger partial charge >= 0.3 is 0 Å². The Morgan fingerprint density at radius 3 is 2.72 bits per heavy atom. The number of nitrogens with zero attached hydrogens (tertiary/aromatic N) is 2. The molecular formula is C13H13ClIN3. The van der Waals surface area contributed by atoms with Gasteiger partial charge in [-0.2, -0.15) is 0 Å². The molecule has 1 aromatic carbocycles. The zero-order chi connectivity index (χ0) is 13.1. The van der Waals surface area contributed by atoms with Gasteiger partial charge in [-0.3, -0.25) is 0 Å². The highest BCUT2D eigenvalue weighted by Gasteiger charge is 2.11. The maximum absolute atomic E-state index is 6.00. The molecular weight excluding hydrogens is 361 g/mol. The van der Waals surface area contributed by atoms with E-state index >= 15 is 0 Å². The summed E-state index contributed by atoms with van der Waals surface area (Å²) in [4.78, 5) is 9.12. The second-order valence-electron chi connectivity index (χ2n) is 3.77. The molecule has 0 fully saturated rings. The van der Waals surface area contributed by atoms with Crippen molar-refractivity contribution in [3.05, 3.63) is 38.6 Å². The molecule has 0 aliphatic carbocycles. The lowest BCUT2D eigenvalue weighted by atomic mass is 10.2. The first-order valence-electron chi connectivity index (χ1n) is 5.65. The van der Waals surface area contributed by atoms with Crippen LogP contribution in [0, 0.1) is 3.57 Å². The standard InChI is InChI=1S/C13H13ClIN3/c1-3-10-11(15)13(16-2)18-12(17-10)8-5-4-6-9(14)7-8/h4-7H,3H2,1-2H3,(H,16,17,18). The summed E-state index contributed by atoms with van der Waals surface area (Å²) in [6, 6.07) is 7.59. The number of hydrogen-bond donors (Lipinski definition) is 1. The lowest BCUT2D eigenvalue weighted by molar-refractivity contribution is 0.990. The molecule has 2 rings (SSSR count). The fourth-order valence-corrected chi connectivity index (χ4v) is 2.73. The molecule has 0 spiro atoms. The fourth-order valence-electron chi connectivity index (χ4n) is 1.65. The average molecular weight is 374 g/mol. The molecule has 0 unspecified atom stereocenters. The lowest BCUT2D eigenvalue weighted by Gasteiger charge is -2.10. The van der Waals surface area contributed by atoms with Crippen LogP contribution in [0.1, 0.15) is 12.6 Å². The molecule has 1 aromatic heterocycles. The van der Waals surface area contributed by atoms with E-state index in [0.29, 0.717) is 10.8 Å². The van der Waals surface area contributed by atoms with Crippen molar-refractivity contribution in [1.82, 2.24) is 9.97 Å². The number of benzene rings is 1. The van der Waals surface area contributed by atoms with E-state index in [0.717, 1.165) is 27.1 Å². The van der Waals surface area contributed by atoms with E-state index in [4.69, 9.17) is 11.6 Å². The third kappa shape index (κ3) is 2.75. The minimum atomic E-state index is 0.693. The lowest BCUT2D eigenvalue weighted by Crippen LogP contribution is -2.04. The van der Waals surface area contributed by atoms with E-state index in [1.165, 1.54) is 0 Å². The second-order valence-corrected chi connectivity index (χ2v) is 5.29. The SMILES string of the molecule is CCc1nc(-c2cccc(Cl)c2)nc(NC)c1I. The molecule has 18 heavy (non-hydrogen) atoms. The molecule has 1 N–H and O–H groups in total. The van der Waals surface area contributed by atoms with E-state index in [-0.39, 0.29) is 0 Å². The van der Waals surface area contributed by atoms with Crippen molar-refractivity contribution in [3.63, 3.8) is 0 Å². The highest BCUT2D eigenvalue weighted by Crippen LogP contribution is 2.25. The van der Waals surface area contributed by atoms with Crippen LogP contribution in [0.3, 0.4) is 0 Å².